The molecule has 11 heteroatoms. The molecule has 0 saturated carbocycles. The molecule has 1 aromatic carbocycles. The number of urea groups is 1. The van der Waals surface area contributed by atoms with Crippen molar-refractivity contribution < 1.29 is 37.3 Å². The van der Waals surface area contributed by atoms with Gasteiger partial charge in [-0.15, -0.1) is 0 Å². The summed E-state index contributed by atoms with van der Waals surface area (Å²) in [5.41, 5.74) is -0.191. The first-order valence-corrected chi connectivity index (χ1v) is 12.5. The largest absolute Gasteiger partial charge is 0.497 e. The molecule has 3 atom stereocenters. The van der Waals surface area contributed by atoms with E-state index in [9.17, 15) is 23.5 Å². The van der Waals surface area contributed by atoms with Crippen molar-refractivity contribution in [1.29, 1.82) is 0 Å². The summed E-state index contributed by atoms with van der Waals surface area (Å²) in [5, 5.41) is 9.36. The number of piperidine rings is 1. The van der Waals surface area contributed by atoms with Gasteiger partial charge in [-0.3, -0.25) is 0 Å². The summed E-state index contributed by atoms with van der Waals surface area (Å²) in [7, 11) is 1.52. The van der Waals surface area contributed by atoms with Crippen LogP contribution < -0.4 is 4.74 Å². The highest BCUT2D eigenvalue weighted by Gasteiger charge is 2.58. The van der Waals surface area contributed by atoms with Gasteiger partial charge in [-0.1, -0.05) is 12.1 Å². The molecule has 3 heterocycles. The van der Waals surface area contributed by atoms with Gasteiger partial charge >= 0.3 is 12.1 Å². The fraction of sp³-hybridized carbons (Fsp3) is 0.680. The molecule has 0 radical (unpaired) electrons. The monoisotopic (exact) mass is 513 g/mol. The van der Waals surface area contributed by atoms with E-state index in [1.165, 1.54) is 16.9 Å². The van der Waals surface area contributed by atoms with Gasteiger partial charge in [0.05, 0.1) is 25.7 Å². The van der Waals surface area contributed by atoms with Crippen molar-refractivity contribution >= 4 is 12.1 Å². The molecule has 3 aliphatic rings. The third kappa shape index (κ3) is 5.35. The van der Waals surface area contributed by atoms with Crippen molar-refractivity contribution in [3.05, 3.63) is 29.8 Å². The van der Waals surface area contributed by atoms with Crippen LogP contribution in [-0.2, 0) is 11.3 Å². The van der Waals surface area contributed by atoms with Crippen LogP contribution in [0, 0.1) is 11.3 Å². The summed E-state index contributed by atoms with van der Waals surface area (Å²) in [4.78, 5) is 29.1. The second-order valence-electron chi connectivity index (χ2n) is 9.92. The van der Waals surface area contributed by atoms with E-state index >= 15 is 4.39 Å². The molecule has 8 nitrogen and oxygen atoms in total. The minimum atomic E-state index is -3.07. The highest BCUT2D eigenvalue weighted by Crippen LogP contribution is 2.51. The van der Waals surface area contributed by atoms with Crippen LogP contribution in [0.25, 0.3) is 0 Å². The molecular formula is C25H34F3N3O5. The van der Waals surface area contributed by atoms with Crippen molar-refractivity contribution in [1.82, 2.24) is 14.7 Å². The number of carbonyl (C=O) groups excluding carboxylic acids is 1. The lowest BCUT2D eigenvalue weighted by atomic mass is 9.68. The van der Waals surface area contributed by atoms with E-state index in [1.54, 1.807) is 29.2 Å². The Morgan fingerprint density at radius 2 is 1.61 bits per heavy atom. The SMILES string of the molecule is COc1ccc(COC(F)C(C(F)F)C2N(C(=O)N3CCCC3)CCC23CCN(C(=O)O)CC3)cc1. The zero-order valence-electron chi connectivity index (χ0n) is 20.5. The predicted octanol–water partition coefficient (Wildman–Crippen LogP) is 4.44. The number of benzene rings is 1. The summed E-state index contributed by atoms with van der Waals surface area (Å²) in [6.07, 6.45) is -3.74. The Bertz CT molecular complexity index is 905. The summed E-state index contributed by atoms with van der Waals surface area (Å²) < 4.78 is 55.2. The van der Waals surface area contributed by atoms with Crippen LogP contribution in [0.1, 0.15) is 37.7 Å². The minimum absolute atomic E-state index is 0.164. The van der Waals surface area contributed by atoms with Crippen molar-refractivity contribution in [3.63, 3.8) is 0 Å². The molecular weight excluding hydrogens is 479 g/mol. The molecule has 0 aliphatic carbocycles. The third-order valence-electron chi connectivity index (χ3n) is 7.99. The number of halogens is 3. The van der Waals surface area contributed by atoms with Gasteiger partial charge in [-0.05, 0) is 55.2 Å². The lowest BCUT2D eigenvalue weighted by molar-refractivity contribution is -0.157. The maximum absolute atomic E-state index is 15.6. The highest BCUT2D eigenvalue weighted by molar-refractivity contribution is 5.75. The van der Waals surface area contributed by atoms with Gasteiger partial charge in [-0.2, -0.15) is 0 Å². The molecule has 3 saturated heterocycles. The van der Waals surface area contributed by atoms with Gasteiger partial charge < -0.3 is 29.3 Å². The zero-order chi connectivity index (χ0) is 25.9. The number of ether oxygens (including phenoxy) is 2. The van der Waals surface area contributed by atoms with E-state index in [0.29, 0.717) is 43.7 Å². The molecule has 0 aromatic heterocycles. The Kier molecular flexibility index (Phi) is 8.17. The first-order valence-electron chi connectivity index (χ1n) is 12.5. The summed E-state index contributed by atoms with van der Waals surface area (Å²) in [6, 6.07) is 5.26. The predicted molar refractivity (Wildman–Crippen MR) is 125 cm³/mol. The average molecular weight is 514 g/mol. The van der Waals surface area contributed by atoms with Crippen LogP contribution >= 0.6 is 0 Å². The Labute approximate surface area is 208 Å². The number of rotatable bonds is 7. The first kappa shape index (κ1) is 26.4. The molecule has 1 aromatic rings. The molecule has 3 aliphatic heterocycles. The standard InChI is InChI=1S/C25H34F3N3O5/c1-35-18-6-4-17(5-7-18)16-36-22(28)19(21(26)27)20-25(8-13-30(14-9-25)24(33)34)10-15-31(20)23(32)29-11-2-3-12-29/h4-7,19-22H,2-3,8-16H2,1H3,(H,33,34). The number of likely N-dealkylation sites (tertiary alicyclic amines) is 3. The number of alkyl halides is 3. The number of methoxy groups -OCH3 is 1. The second kappa shape index (κ2) is 11.1. The van der Waals surface area contributed by atoms with E-state index in [2.05, 4.69) is 0 Å². The van der Waals surface area contributed by atoms with Gasteiger partial charge in [0.2, 0.25) is 12.8 Å². The molecule has 3 amide bonds. The highest BCUT2D eigenvalue weighted by atomic mass is 19.3. The van der Waals surface area contributed by atoms with Crippen molar-refractivity contribution in [2.24, 2.45) is 11.3 Å². The van der Waals surface area contributed by atoms with Crippen LogP contribution in [-0.4, -0.2) is 90.6 Å². The molecule has 1 N–H and O–H groups in total. The maximum Gasteiger partial charge on any atom is 0.407 e. The lowest BCUT2D eigenvalue weighted by Crippen LogP contribution is -2.57. The van der Waals surface area contributed by atoms with Gasteiger partial charge in [0.1, 0.15) is 5.75 Å². The quantitative estimate of drug-likeness (QED) is 0.583. The van der Waals surface area contributed by atoms with Crippen LogP contribution in [0.2, 0.25) is 0 Å². The molecule has 3 unspecified atom stereocenters. The summed E-state index contributed by atoms with van der Waals surface area (Å²) in [6.45, 7) is 1.46. The molecule has 3 fully saturated rings. The fourth-order valence-electron chi connectivity index (χ4n) is 5.97. The maximum atomic E-state index is 15.6. The molecule has 0 bridgehead atoms. The topological polar surface area (TPSA) is 82.6 Å². The van der Waals surface area contributed by atoms with Gasteiger partial charge in [0.25, 0.3) is 0 Å². The number of hydrogen-bond acceptors (Lipinski definition) is 4. The first-order chi connectivity index (χ1) is 17.3. The second-order valence-corrected chi connectivity index (χ2v) is 9.92. The van der Waals surface area contributed by atoms with Gasteiger partial charge in [0.15, 0.2) is 0 Å². The molecule has 200 valence electrons. The molecule has 4 rings (SSSR count). The number of amides is 3. The summed E-state index contributed by atoms with van der Waals surface area (Å²) in [5.74, 6) is -1.24. The van der Waals surface area contributed by atoms with Gasteiger partial charge in [0, 0.05) is 32.7 Å². The number of nitrogens with zero attached hydrogens (tertiary/aromatic N) is 3. The van der Waals surface area contributed by atoms with E-state index in [4.69, 9.17) is 9.47 Å². The van der Waals surface area contributed by atoms with Crippen LogP contribution in [0.15, 0.2) is 24.3 Å². The van der Waals surface area contributed by atoms with Gasteiger partial charge in [-0.25, -0.2) is 22.8 Å². The third-order valence-corrected chi connectivity index (χ3v) is 7.99. The Balaban J connectivity index is 1.57. The van der Waals surface area contributed by atoms with E-state index < -0.39 is 36.3 Å². The molecule has 1 spiro atoms. The normalized spacial score (nSPS) is 23.4. The fourth-order valence-corrected chi connectivity index (χ4v) is 5.97. The van der Waals surface area contributed by atoms with Crippen LogP contribution in [0.3, 0.4) is 0 Å². The molecule has 36 heavy (non-hydrogen) atoms. The smallest absolute Gasteiger partial charge is 0.407 e. The van der Waals surface area contributed by atoms with Crippen molar-refractivity contribution in [2.45, 2.75) is 57.5 Å². The Morgan fingerprint density at radius 1 is 1.00 bits per heavy atom. The van der Waals surface area contributed by atoms with Crippen molar-refractivity contribution in [3.8, 4) is 5.75 Å². The van der Waals surface area contributed by atoms with Crippen LogP contribution in [0.5, 0.6) is 5.75 Å². The van der Waals surface area contributed by atoms with Crippen LogP contribution in [0.4, 0.5) is 22.8 Å². The number of carboxylic acid groups (broad SMARTS) is 1. The van der Waals surface area contributed by atoms with Crippen molar-refractivity contribution in [2.75, 3.05) is 39.8 Å². The Morgan fingerprint density at radius 3 is 2.17 bits per heavy atom. The average Bonchev–Trinajstić information content (AvgIpc) is 3.53. The number of hydrogen-bond donors (Lipinski definition) is 1. The minimum Gasteiger partial charge on any atom is -0.497 e. The zero-order valence-corrected chi connectivity index (χ0v) is 20.5. The Hall–Kier alpha value is -2.69. The lowest BCUT2D eigenvalue weighted by Gasteiger charge is -2.47. The number of carbonyl (C=O) groups is 2. The van der Waals surface area contributed by atoms with E-state index in [-0.39, 0.29) is 32.3 Å². The van der Waals surface area contributed by atoms with E-state index in [0.717, 1.165) is 12.8 Å². The van der Waals surface area contributed by atoms with E-state index in [1.807, 2.05) is 0 Å². The summed E-state index contributed by atoms with van der Waals surface area (Å²) >= 11 is 0.